The number of amides is 2. The molecule has 0 atom stereocenters. The van der Waals surface area contributed by atoms with Gasteiger partial charge in [-0.05, 0) is 104 Å². The van der Waals surface area contributed by atoms with Crippen LogP contribution in [-0.2, 0) is 10.2 Å². The van der Waals surface area contributed by atoms with Gasteiger partial charge in [-0.15, -0.1) is 0 Å². The summed E-state index contributed by atoms with van der Waals surface area (Å²) in [5.41, 5.74) is 3.05. The van der Waals surface area contributed by atoms with E-state index in [1.54, 1.807) is 42.5 Å². The molecular formula is C30H30N2O3. The third-order valence-electron chi connectivity index (χ3n) is 8.15. The second kappa shape index (κ2) is 8.88. The highest BCUT2D eigenvalue weighted by atomic mass is 16.3. The minimum Gasteiger partial charge on any atom is -0.465 e. The van der Waals surface area contributed by atoms with E-state index in [4.69, 9.17) is 4.42 Å². The van der Waals surface area contributed by atoms with Gasteiger partial charge in [0.15, 0.2) is 0 Å². The first kappa shape index (κ1) is 21.9. The van der Waals surface area contributed by atoms with Crippen LogP contribution in [0.25, 0.3) is 6.08 Å². The van der Waals surface area contributed by atoms with Crippen molar-refractivity contribution in [1.29, 1.82) is 0 Å². The molecule has 0 saturated heterocycles. The first-order valence-electron chi connectivity index (χ1n) is 12.6. The lowest BCUT2D eigenvalue weighted by molar-refractivity contribution is -0.113. The van der Waals surface area contributed by atoms with Crippen LogP contribution in [0.2, 0.25) is 0 Å². The van der Waals surface area contributed by atoms with Crippen molar-refractivity contribution in [3.05, 3.63) is 95.6 Å². The summed E-state index contributed by atoms with van der Waals surface area (Å²) in [5, 5.41) is 5.69. The third kappa shape index (κ3) is 4.43. The SMILES string of the molecule is O=C(Nc1ccc(C23CC4CC(CC(C4)C2)C3)cc1)/C(=C/c1ccco1)NC(=O)c1ccccc1. The monoisotopic (exact) mass is 466 g/mol. The van der Waals surface area contributed by atoms with Crippen molar-refractivity contribution in [2.75, 3.05) is 5.32 Å². The lowest BCUT2D eigenvalue weighted by Gasteiger charge is -2.57. The lowest BCUT2D eigenvalue weighted by atomic mass is 9.48. The van der Waals surface area contributed by atoms with Gasteiger partial charge in [0, 0.05) is 17.3 Å². The summed E-state index contributed by atoms with van der Waals surface area (Å²) < 4.78 is 5.38. The fraction of sp³-hybridized carbons (Fsp3) is 0.333. The van der Waals surface area contributed by atoms with E-state index in [1.807, 2.05) is 18.2 Å². The first-order valence-corrected chi connectivity index (χ1v) is 12.6. The molecule has 178 valence electrons. The van der Waals surface area contributed by atoms with Gasteiger partial charge in [0.25, 0.3) is 11.8 Å². The van der Waals surface area contributed by atoms with Crippen LogP contribution < -0.4 is 10.6 Å². The molecule has 4 bridgehead atoms. The van der Waals surface area contributed by atoms with Crippen LogP contribution in [0.4, 0.5) is 5.69 Å². The number of nitrogens with one attached hydrogen (secondary N) is 2. The number of furan rings is 1. The fourth-order valence-electron chi connectivity index (χ4n) is 7.03. The normalized spacial score (nSPS) is 27.0. The largest absolute Gasteiger partial charge is 0.465 e. The van der Waals surface area contributed by atoms with E-state index in [9.17, 15) is 9.59 Å². The van der Waals surface area contributed by atoms with E-state index in [0.717, 1.165) is 17.8 Å². The number of rotatable bonds is 6. The van der Waals surface area contributed by atoms with Crippen LogP contribution >= 0.6 is 0 Å². The van der Waals surface area contributed by atoms with Gasteiger partial charge in [0.05, 0.1) is 6.26 Å². The summed E-state index contributed by atoms with van der Waals surface area (Å²) in [5.74, 6) is 2.42. The van der Waals surface area contributed by atoms with Crippen molar-refractivity contribution in [2.45, 2.75) is 43.9 Å². The van der Waals surface area contributed by atoms with Crippen LogP contribution in [0.3, 0.4) is 0 Å². The Hall–Kier alpha value is -3.60. The quantitative estimate of drug-likeness (QED) is 0.428. The van der Waals surface area contributed by atoms with Crippen molar-refractivity contribution in [1.82, 2.24) is 5.32 Å². The van der Waals surface area contributed by atoms with Gasteiger partial charge in [-0.2, -0.15) is 0 Å². The summed E-state index contributed by atoms with van der Waals surface area (Å²) in [4.78, 5) is 25.9. The molecule has 3 aromatic rings. The zero-order valence-corrected chi connectivity index (χ0v) is 19.7. The van der Waals surface area contributed by atoms with E-state index in [0.29, 0.717) is 22.4 Å². The predicted octanol–water partition coefficient (Wildman–Crippen LogP) is 6.16. The Bertz CT molecular complexity index is 1210. The number of carbonyl (C=O) groups excluding carboxylic acids is 2. The summed E-state index contributed by atoms with van der Waals surface area (Å²) in [6.45, 7) is 0. The van der Waals surface area contributed by atoms with Crippen LogP contribution in [0, 0.1) is 17.8 Å². The van der Waals surface area contributed by atoms with Gasteiger partial charge in [-0.1, -0.05) is 30.3 Å². The Morgan fingerprint density at radius 1 is 0.829 bits per heavy atom. The Morgan fingerprint density at radius 2 is 1.49 bits per heavy atom. The zero-order valence-electron chi connectivity index (χ0n) is 19.7. The van der Waals surface area contributed by atoms with Crippen LogP contribution in [-0.4, -0.2) is 11.8 Å². The zero-order chi connectivity index (χ0) is 23.8. The highest BCUT2D eigenvalue weighted by Gasteiger charge is 2.51. The minimum absolute atomic E-state index is 0.124. The Kier molecular flexibility index (Phi) is 5.56. The molecule has 0 spiro atoms. The number of hydrogen-bond donors (Lipinski definition) is 2. The van der Waals surface area contributed by atoms with E-state index < -0.39 is 5.91 Å². The number of anilines is 1. The maximum atomic E-state index is 13.2. The average molecular weight is 467 g/mol. The van der Waals surface area contributed by atoms with Gasteiger partial charge in [-0.25, -0.2) is 0 Å². The Morgan fingerprint density at radius 3 is 2.09 bits per heavy atom. The van der Waals surface area contributed by atoms with Gasteiger partial charge in [0.1, 0.15) is 11.5 Å². The number of hydrogen-bond acceptors (Lipinski definition) is 3. The van der Waals surface area contributed by atoms with Crippen molar-refractivity contribution >= 4 is 23.6 Å². The second-order valence-corrected chi connectivity index (χ2v) is 10.6. The van der Waals surface area contributed by atoms with Crippen LogP contribution in [0.5, 0.6) is 0 Å². The van der Waals surface area contributed by atoms with Crippen molar-refractivity contribution < 1.29 is 14.0 Å². The first-order chi connectivity index (χ1) is 17.1. The fourth-order valence-corrected chi connectivity index (χ4v) is 7.03. The second-order valence-electron chi connectivity index (χ2n) is 10.6. The molecule has 2 amide bonds. The molecule has 5 nitrogen and oxygen atoms in total. The molecular weight excluding hydrogens is 436 g/mol. The van der Waals surface area contributed by atoms with Gasteiger partial charge >= 0.3 is 0 Å². The molecule has 4 fully saturated rings. The Balaban J connectivity index is 1.19. The average Bonchev–Trinajstić information content (AvgIpc) is 3.37. The number of benzene rings is 2. The summed E-state index contributed by atoms with van der Waals surface area (Å²) in [6, 6.07) is 20.7. The van der Waals surface area contributed by atoms with Crippen molar-refractivity contribution in [3.63, 3.8) is 0 Å². The minimum atomic E-state index is -0.395. The highest BCUT2D eigenvalue weighted by Crippen LogP contribution is 2.60. The molecule has 0 radical (unpaired) electrons. The molecule has 1 heterocycles. The lowest BCUT2D eigenvalue weighted by Crippen LogP contribution is -2.48. The standard InChI is InChI=1S/C30H30N2O3/c33-28(23-5-2-1-3-6-23)32-27(16-26-7-4-12-35-26)29(34)31-25-10-8-24(9-11-25)30-17-20-13-21(18-30)15-22(14-20)19-30/h1-12,16,20-22H,13-15,17-19H2,(H,31,34)(H,32,33)/b27-16-. The number of carbonyl (C=O) groups is 2. The predicted molar refractivity (Wildman–Crippen MR) is 136 cm³/mol. The van der Waals surface area contributed by atoms with Crippen LogP contribution in [0.1, 0.15) is 60.2 Å². The molecule has 35 heavy (non-hydrogen) atoms. The molecule has 4 saturated carbocycles. The molecule has 2 N–H and O–H groups in total. The van der Waals surface area contributed by atoms with Gasteiger partial charge in [0.2, 0.25) is 0 Å². The molecule has 7 rings (SSSR count). The maximum Gasteiger partial charge on any atom is 0.272 e. The third-order valence-corrected chi connectivity index (χ3v) is 8.15. The molecule has 0 unspecified atom stereocenters. The van der Waals surface area contributed by atoms with Crippen molar-refractivity contribution in [2.24, 2.45) is 17.8 Å². The molecule has 5 heteroatoms. The van der Waals surface area contributed by atoms with Gasteiger partial charge < -0.3 is 15.1 Å². The summed E-state index contributed by atoms with van der Waals surface area (Å²) in [7, 11) is 0. The van der Waals surface area contributed by atoms with E-state index in [1.165, 1.54) is 50.4 Å². The topological polar surface area (TPSA) is 71.3 Å². The maximum absolute atomic E-state index is 13.2. The van der Waals surface area contributed by atoms with Crippen LogP contribution in [0.15, 0.2) is 83.1 Å². The van der Waals surface area contributed by atoms with Crippen molar-refractivity contribution in [3.8, 4) is 0 Å². The summed E-state index contributed by atoms with van der Waals surface area (Å²) >= 11 is 0. The smallest absolute Gasteiger partial charge is 0.272 e. The van der Waals surface area contributed by atoms with E-state index in [2.05, 4.69) is 22.8 Å². The molecule has 4 aliphatic carbocycles. The van der Waals surface area contributed by atoms with E-state index >= 15 is 0 Å². The molecule has 1 aromatic heterocycles. The molecule has 2 aromatic carbocycles. The summed E-state index contributed by atoms with van der Waals surface area (Å²) in [6.07, 6.45) is 11.3. The molecule has 0 aliphatic heterocycles. The highest BCUT2D eigenvalue weighted by molar-refractivity contribution is 6.10. The van der Waals surface area contributed by atoms with E-state index in [-0.39, 0.29) is 11.6 Å². The molecule has 4 aliphatic rings. The van der Waals surface area contributed by atoms with Gasteiger partial charge in [-0.3, -0.25) is 9.59 Å². The Labute approximate surface area is 205 Å².